The maximum Gasteiger partial charge on any atom is 0.259 e. The van der Waals surface area contributed by atoms with Gasteiger partial charge in [0, 0.05) is 77.3 Å². The largest absolute Gasteiger partial charge is 0.474 e. The Morgan fingerprint density at radius 3 is 2.44 bits per heavy atom. The number of ether oxygens (including phenoxy) is 2. The summed E-state index contributed by atoms with van der Waals surface area (Å²) in [6, 6.07) is 19.9. The number of nitrogens with zero attached hydrogens (tertiary/aromatic N) is 8. The SMILES string of the molecule is C=C(NCc1ccc(-c2scnc2C)cc1)[C@@H]1C[C@@H](O)CN1C(=O)[C@@H](c1cc(Oc2ccc(OC3CC(NC(=O)C[C@@H]4N=C(c5ccc(Cl)cc5)c5c(sc(C)c5C)-n5c(C)nnc54)C3)nc2)no1)C(C)C. The molecule has 16 nitrogen and oxygen atoms in total. The van der Waals surface area contributed by atoms with Gasteiger partial charge in [0.05, 0.1) is 46.6 Å². The lowest BCUT2D eigenvalue weighted by Gasteiger charge is -2.35. The molecule has 1 aliphatic carbocycles. The van der Waals surface area contributed by atoms with Crippen LogP contribution in [0.2, 0.25) is 5.02 Å². The zero-order chi connectivity index (χ0) is 50.4. The summed E-state index contributed by atoms with van der Waals surface area (Å²) in [6.45, 7) is 17.0. The smallest absolute Gasteiger partial charge is 0.259 e. The van der Waals surface area contributed by atoms with Crippen molar-refractivity contribution in [3.05, 3.63) is 146 Å². The molecule has 2 amide bonds. The minimum Gasteiger partial charge on any atom is -0.474 e. The summed E-state index contributed by atoms with van der Waals surface area (Å²) in [5.41, 5.74) is 9.54. The number of carbonyl (C=O) groups is 2. The average Bonchev–Trinajstić information content (AvgIpc) is 4.19. The van der Waals surface area contributed by atoms with Crippen molar-refractivity contribution in [1.29, 1.82) is 0 Å². The van der Waals surface area contributed by atoms with Crippen LogP contribution in [-0.4, -0.2) is 88.3 Å². The van der Waals surface area contributed by atoms with Gasteiger partial charge in [0.25, 0.3) is 5.88 Å². The molecule has 7 heterocycles. The summed E-state index contributed by atoms with van der Waals surface area (Å²) >= 11 is 9.56. The average molecular weight is 1030 g/mol. The lowest BCUT2D eigenvalue weighted by Crippen LogP contribution is -2.49. The van der Waals surface area contributed by atoms with E-state index in [2.05, 4.69) is 80.6 Å². The number of aryl methyl sites for hydroxylation is 3. The van der Waals surface area contributed by atoms with Crippen LogP contribution in [0.3, 0.4) is 0 Å². The third kappa shape index (κ3) is 10.0. The number of fused-ring (bicyclic) bond motifs is 3. The Balaban J connectivity index is 0.719. The van der Waals surface area contributed by atoms with E-state index in [9.17, 15) is 14.7 Å². The Kier molecular flexibility index (Phi) is 13.9. The summed E-state index contributed by atoms with van der Waals surface area (Å²) in [6.07, 6.45) is 2.39. The summed E-state index contributed by atoms with van der Waals surface area (Å²) in [5.74, 6) is 1.53. The number of halogens is 1. The predicted molar refractivity (Wildman–Crippen MR) is 276 cm³/mol. The van der Waals surface area contributed by atoms with Crippen LogP contribution >= 0.6 is 34.3 Å². The molecule has 1 saturated carbocycles. The highest BCUT2D eigenvalue weighted by Crippen LogP contribution is 2.41. The number of rotatable bonds is 16. The predicted octanol–water partition coefficient (Wildman–Crippen LogP) is 9.53. The van der Waals surface area contributed by atoms with Gasteiger partial charge >= 0.3 is 0 Å². The topological polar surface area (TPSA) is 195 Å². The number of amides is 2. The number of thiophene rings is 1. The number of β-amino-alcohol motifs (C(OH)–C–C–N with tert-alkyl or cyclic N) is 1. The summed E-state index contributed by atoms with van der Waals surface area (Å²) in [7, 11) is 0. The van der Waals surface area contributed by atoms with Gasteiger partial charge in [0.1, 0.15) is 34.6 Å². The molecule has 0 spiro atoms. The molecule has 0 bridgehead atoms. The fourth-order valence-electron chi connectivity index (χ4n) is 9.62. The second kappa shape index (κ2) is 20.4. The van der Waals surface area contributed by atoms with Gasteiger partial charge in [-0.2, -0.15) is 0 Å². The molecule has 0 radical (unpaired) electrons. The van der Waals surface area contributed by atoms with Crippen LogP contribution in [0.5, 0.6) is 17.5 Å². The second-order valence-corrected chi connectivity index (χ2v) is 21.5. The van der Waals surface area contributed by atoms with Gasteiger partial charge < -0.3 is 34.6 Å². The number of aliphatic hydroxyl groups is 1. The monoisotopic (exact) mass is 1030 g/mol. The molecule has 4 atom stereocenters. The van der Waals surface area contributed by atoms with Gasteiger partial charge in [0.15, 0.2) is 11.6 Å². The number of nitrogens with one attached hydrogen (secondary N) is 2. The molecule has 19 heteroatoms. The lowest BCUT2D eigenvalue weighted by molar-refractivity contribution is -0.135. The Morgan fingerprint density at radius 2 is 1.74 bits per heavy atom. The van der Waals surface area contributed by atoms with Crippen molar-refractivity contribution in [3.8, 4) is 33.0 Å². The van der Waals surface area contributed by atoms with Crippen LogP contribution < -0.4 is 20.1 Å². The van der Waals surface area contributed by atoms with Gasteiger partial charge in [-0.3, -0.25) is 19.1 Å². The molecule has 2 aliphatic heterocycles. The van der Waals surface area contributed by atoms with Crippen molar-refractivity contribution >= 4 is 51.8 Å². The Bertz CT molecular complexity index is 3160. The van der Waals surface area contributed by atoms with E-state index in [-0.39, 0.29) is 48.7 Å². The minimum atomic E-state index is -0.694. The van der Waals surface area contributed by atoms with Gasteiger partial charge in [-0.25, -0.2) is 9.97 Å². The fourth-order valence-corrected chi connectivity index (χ4v) is 11.8. The minimum absolute atomic E-state index is 0.0741. The third-order valence-corrected chi connectivity index (χ3v) is 16.0. The van der Waals surface area contributed by atoms with Gasteiger partial charge in [-0.1, -0.05) is 68.4 Å². The van der Waals surface area contributed by atoms with E-state index >= 15 is 0 Å². The quantitative estimate of drug-likeness (QED) is 0.0831. The molecule has 3 N–H and O–H groups in total. The van der Waals surface area contributed by atoms with E-state index in [0.29, 0.717) is 59.7 Å². The highest BCUT2D eigenvalue weighted by molar-refractivity contribution is 7.15. The van der Waals surface area contributed by atoms with E-state index < -0.39 is 24.1 Å². The molecule has 2 fully saturated rings. The molecule has 10 rings (SSSR count). The van der Waals surface area contributed by atoms with Crippen molar-refractivity contribution in [2.24, 2.45) is 10.9 Å². The first-order valence-corrected chi connectivity index (χ1v) is 26.1. The summed E-state index contributed by atoms with van der Waals surface area (Å²) in [4.78, 5) is 46.0. The standard InChI is InChI=1S/C53H55ClN10O6S2/c1-27(2)47(52(67)63-25-38(65)20-42(63)29(4)55-23-33-8-10-35(11-9-33)50-30(5)57-26-71-50)43-22-46(62-70-43)68-39-16-17-45(56-24-39)69-40-18-37(19-40)58-44(66)21-41-51-61-60-32(7)64(51)53-48(28(3)31(6)72-53)49(59-41)34-12-14-36(54)15-13-34/h8-17,22,24,26-27,37-38,40-42,47,55,65H,4,18-21,23,25H2,1-3,5-7H3,(H,58,66)/t37?,38-,40?,41+,42+,47-/m1/s1. The Hall–Kier alpha value is -6.73. The number of aromatic nitrogens is 6. The van der Waals surface area contributed by atoms with Crippen molar-refractivity contribution < 1.29 is 28.7 Å². The zero-order valence-electron chi connectivity index (χ0n) is 40.8. The molecule has 0 unspecified atom stereocenters. The number of likely N-dealkylation sites (tertiary alicyclic amines) is 1. The molecule has 72 heavy (non-hydrogen) atoms. The highest BCUT2D eigenvalue weighted by atomic mass is 35.5. The number of aliphatic imine (C=N–C) groups is 1. The number of thiazole rings is 1. The van der Waals surface area contributed by atoms with Crippen LogP contribution in [0.15, 0.2) is 100 Å². The summed E-state index contributed by atoms with van der Waals surface area (Å²) in [5, 5.41) is 32.1. The Morgan fingerprint density at radius 1 is 0.972 bits per heavy atom. The van der Waals surface area contributed by atoms with Gasteiger partial charge in [-0.15, -0.1) is 32.9 Å². The maximum absolute atomic E-state index is 14.3. The van der Waals surface area contributed by atoms with Crippen molar-refractivity contribution in [1.82, 2.24) is 45.4 Å². The lowest BCUT2D eigenvalue weighted by atomic mass is 9.89. The Labute approximate surface area is 430 Å². The third-order valence-electron chi connectivity index (χ3n) is 13.6. The van der Waals surface area contributed by atoms with Crippen molar-refractivity contribution in [2.45, 2.75) is 110 Å². The molecular weight excluding hydrogens is 972 g/mol. The highest BCUT2D eigenvalue weighted by Gasteiger charge is 2.42. The first-order chi connectivity index (χ1) is 34.7. The molecule has 7 aromatic rings. The number of carbonyl (C=O) groups excluding carboxylic acids is 2. The van der Waals surface area contributed by atoms with E-state index in [1.165, 1.54) is 11.1 Å². The fraction of sp³-hybridized carbons (Fsp3) is 0.358. The molecule has 3 aliphatic rings. The number of hydrogen-bond acceptors (Lipinski definition) is 15. The number of hydrogen-bond donors (Lipinski definition) is 3. The number of pyridine rings is 1. The van der Waals surface area contributed by atoms with E-state index in [0.717, 1.165) is 54.9 Å². The van der Waals surface area contributed by atoms with Crippen LogP contribution in [0, 0.1) is 33.6 Å². The number of benzene rings is 2. The van der Waals surface area contributed by atoms with Crippen molar-refractivity contribution in [3.63, 3.8) is 0 Å². The van der Waals surface area contributed by atoms with E-state index in [4.69, 9.17) is 30.6 Å². The van der Waals surface area contributed by atoms with E-state index in [1.807, 2.05) is 62.0 Å². The van der Waals surface area contributed by atoms with Gasteiger partial charge in [-0.05, 0) is 73.7 Å². The first-order valence-electron chi connectivity index (χ1n) is 24.0. The second-order valence-electron chi connectivity index (χ2n) is 19.0. The summed E-state index contributed by atoms with van der Waals surface area (Å²) < 4.78 is 19.9. The van der Waals surface area contributed by atoms with Crippen LogP contribution in [0.1, 0.15) is 102 Å². The van der Waals surface area contributed by atoms with Gasteiger partial charge in [0.2, 0.25) is 17.7 Å². The van der Waals surface area contributed by atoms with Crippen molar-refractivity contribution in [2.75, 3.05) is 6.54 Å². The molecular formula is C53H55ClN10O6S2. The molecule has 372 valence electrons. The van der Waals surface area contributed by atoms with E-state index in [1.54, 1.807) is 45.8 Å². The van der Waals surface area contributed by atoms with Crippen LogP contribution in [-0.2, 0) is 16.1 Å². The molecule has 5 aromatic heterocycles. The van der Waals surface area contributed by atoms with Crippen LogP contribution in [0.4, 0.5) is 0 Å². The first kappa shape index (κ1) is 48.9. The number of aliphatic hydroxyl groups excluding tert-OH is 1. The van der Waals surface area contributed by atoms with Crippen LogP contribution in [0.25, 0.3) is 15.4 Å². The normalized spacial score (nSPS) is 19.7. The molecule has 1 saturated heterocycles. The zero-order valence-corrected chi connectivity index (χ0v) is 43.1. The molecule has 2 aromatic carbocycles. The maximum atomic E-state index is 14.3.